The van der Waals surface area contributed by atoms with Gasteiger partial charge in [-0.25, -0.2) is 0 Å². The van der Waals surface area contributed by atoms with Crippen molar-refractivity contribution >= 4 is 17.8 Å². The van der Waals surface area contributed by atoms with Gasteiger partial charge in [-0.3, -0.25) is 24.6 Å². The van der Waals surface area contributed by atoms with Crippen LogP contribution in [-0.4, -0.2) is 47.9 Å². The summed E-state index contributed by atoms with van der Waals surface area (Å²) >= 11 is 0. The highest BCUT2D eigenvalue weighted by Gasteiger charge is 2.41. The fourth-order valence-corrected chi connectivity index (χ4v) is 1.45. The molecule has 0 atom stereocenters. The van der Waals surface area contributed by atoms with Crippen molar-refractivity contribution in [2.75, 3.05) is 19.7 Å². The molecule has 0 aromatic heterocycles. The van der Waals surface area contributed by atoms with Gasteiger partial charge < -0.3 is 4.74 Å². The summed E-state index contributed by atoms with van der Waals surface area (Å²) in [5, 5.41) is 2.23. The molecule has 1 saturated heterocycles. The van der Waals surface area contributed by atoms with Gasteiger partial charge in [0.25, 0.3) is 0 Å². The number of amides is 2. The van der Waals surface area contributed by atoms with Gasteiger partial charge in [0, 0.05) is 0 Å². The molecule has 1 fully saturated rings. The summed E-state index contributed by atoms with van der Waals surface area (Å²) in [6, 6.07) is 0. The van der Waals surface area contributed by atoms with E-state index in [1.165, 1.54) is 4.90 Å². The monoisotopic (exact) mass is 228 g/mol. The summed E-state index contributed by atoms with van der Waals surface area (Å²) in [7, 11) is 0. The molecule has 1 rings (SSSR count). The summed E-state index contributed by atoms with van der Waals surface area (Å²) in [5.41, 5.74) is -0.874. The van der Waals surface area contributed by atoms with Crippen LogP contribution in [0.5, 0.6) is 0 Å². The van der Waals surface area contributed by atoms with Crippen LogP contribution in [0.4, 0.5) is 0 Å². The van der Waals surface area contributed by atoms with Crippen LogP contribution in [0.1, 0.15) is 20.8 Å². The highest BCUT2D eigenvalue weighted by molar-refractivity contribution is 6.03. The Morgan fingerprint density at radius 2 is 2.12 bits per heavy atom. The molecular formula is C10H16N2O4. The van der Waals surface area contributed by atoms with E-state index in [1.54, 1.807) is 20.8 Å². The Kier molecular flexibility index (Phi) is 3.64. The molecule has 6 nitrogen and oxygen atoms in total. The maximum absolute atomic E-state index is 11.6. The van der Waals surface area contributed by atoms with Crippen molar-refractivity contribution in [3.8, 4) is 0 Å². The second kappa shape index (κ2) is 4.61. The van der Waals surface area contributed by atoms with Gasteiger partial charge in [0.05, 0.1) is 25.2 Å². The van der Waals surface area contributed by atoms with E-state index in [-0.39, 0.29) is 19.7 Å². The minimum absolute atomic E-state index is 0.0254. The van der Waals surface area contributed by atoms with E-state index >= 15 is 0 Å². The van der Waals surface area contributed by atoms with E-state index < -0.39 is 23.3 Å². The summed E-state index contributed by atoms with van der Waals surface area (Å²) in [4.78, 5) is 35.5. The molecular weight excluding hydrogens is 212 g/mol. The third-order valence-corrected chi connectivity index (χ3v) is 2.56. The van der Waals surface area contributed by atoms with Crippen LogP contribution in [0.25, 0.3) is 0 Å². The van der Waals surface area contributed by atoms with Crippen molar-refractivity contribution in [2.45, 2.75) is 26.3 Å². The first-order valence-electron chi connectivity index (χ1n) is 5.13. The van der Waals surface area contributed by atoms with Gasteiger partial charge in [-0.15, -0.1) is 0 Å². The topological polar surface area (TPSA) is 75.7 Å². The van der Waals surface area contributed by atoms with Crippen LogP contribution in [0.3, 0.4) is 0 Å². The first-order valence-corrected chi connectivity index (χ1v) is 5.13. The quantitative estimate of drug-likeness (QED) is 0.510. The molecule has 16 heavy (non-hydrogen) atoms. The highest BCUT2D eigenvalue weighted by atomic mass is 16.5. The van der Waals surface area contributed by atoms with Crippen molar-refractivity contribution in [1.29, 1.82) is 0 Å². The predicted octanol–water partition coefficient (Wildman–Crippen LogP) is -0.713. The van der Waals surface area contributed by atoms with Crippen LogP contribution in [0, 0.1) is 0 Å². The molecule has 0 saturated carbocycles. The first kappa shape index (κ1) is 12.6. The van der Waals surface area contributed by atoms with Crippen LogP contribution in [0.15, 0.2) is 0 Å². The van der Waals surface area contributed by atoms with E-state index in [1.807, 2.05) is 0 Å². The predicted molar refractivity (Wildman–Crippen MR) is 55.4 cm³/mol. The van der Waals surface area contributed by atoms with Gasteiger partial charge >= 0.3 is 5.97 Å². The lowest BCUT2D eigenvalue weighted by Crippen LogP contribution is -2.64. The maximum atomic E-state index is 11.6. The van der Waals surface area contributed by atoms with E-state index in [4.69, 9.17) is 4.74 Å². The van der Waals surface area contributed by atoms with Crippen molar-refractivity contribution in [1.82, 2.24) is 10.2 Å². The average molecular weight is 228 g/mol. The molecule has 0 aliphatic carbocycles. The van der Waals surface area contributed by atoms with Crippen LogP contribution >= 0.6 is 0 Å². The molecule has 6 heteroatoms. The lowest BCUT2D eigenvalue weighted by molar-refractivity contribution is -0.152. The Bertz CT molecular complexity index is 325. The van der Waals surface area contributed by atoms with Crippen molar-refractivity contribution < 1.29 is 19.1 Å². The van der Waals surface area contributed by atoms with E-state index in [9.17, 15) is 14.4 Å². The highest BCUT2D eigenvalue weighted by Crippen LogP contribution is 2.17. The fraction of sp³-hybridized carbons (Fsp3) is 0.700. The van der Waals surface area contributed by atoms with Crippen LogP contribution < -0.4 is 5.32 Å². The largest absolute Gasteiger partial charge is 0.465 e. The normalized spacial score (nSPS) is 20.4. The first-order chi connectivity index (χ1) is 7.37. The molecule has 1 aliphatic rings. The van der Waals surface area contributed by atoms with Gasteiger partial charge in [-0.05, 0) is 20.8 Å². The molecule has 1 heterocycles. The lowest BCUT2D eigenvalue weighted by Gasteiger charge is -2.39. The second-order valence-corrected chi connectivity index (χ2v) is 4.10. The third kappa shape index (κ3) is 2.57. The Balaban J connectivity index is 2.72. The molecule has 2 amide bonds. The molecule has 0 unspecified atom stereocenters. The number of ether oxygens (including phenoxy) is 1. The molecule has 0 radical (unpaired) electrons. The summed E-state index contributed by atoms with van der Waals surface area (Å²) < 4.78 is 4.78. The minimum atomic E-state index is -0.874. The van der Waals surface area contributed by atoms with Gasteiger partial charge in [-0.1, -0.05) is 0 Å². The summed E-state index contributed by atoms with van der Waals surface area (Å²) in [5.74, 6) is -1.22. The number of hydrogen-bond donors (Lipinski definition) is 1. The zero-order valence-corrected chi connectivity index (χ0v) is 9.70. The SMILES string of the molecule is CCOC(=O)CN1CC(=O)NC(=O)C1(C)C. The van der Waals surface area contributed by atoms with Gasteiger partial charge in [0.2, 0.25) is 11.8 Å². The van der Waals surface area contributed by atoms with E-state index in [2.05, 4.69) is 5.32 Å². The van der Waals surface area contributed by atoms with E-state index in [0.29, 0.717) is 0 Å². The van der Waals surface area contributed by atoms with Crippen LogP contribution in [-0.2, 0) is 19.1 Å². The molecule has 1 aliphatic heterocycles. The number of piperazine rings is 1. The number of nitrogens with one attached hydrogen (secondary N) is 1. The fourth-order valence-electron chi connectivity index (χ4n) is 1.45. The minimum Gasteiger partial charge on any atom is -0.465 e. The standard InChI is InChI=1S/C10H16N2O4/c1-4-16-8(14)6-12-5-7(13)11-9(15)10(12,2)3/h4-6H2,1-3H3,(H,11,13,15). The number of imide groups is 1. The number of carbonyl (C=O) groups is 3. The Hall–Kier alpha value is -1.43. The second-order valence-electron chi connectivity index (χ2n) is 4.10. The number of hydrogen-bond acceptors (Lipinski definition) is 5. The molecule has 1 N–H and O–H groups in total. The number of rotatable bonds is 3. The Labute approximate surface area is 93.9 Å². The van der Waals surface area contributed by atoms with Crippen LogP contribution in [0.2, 0.25) is 0 Å². The van der Waals surface area contributed by atoms with E-state index in [0.717, 1.165) is 0 Å². The van der Waals surface area contributed by atoms with Crippen molar-refractivity contribution in [3.63, 3.8) is 0 Å². The van der Waals surface area contributed by atoms with Crippen molar-refractivity contribution in [3.05, 3.63) is 0 Å². The smallest absolute Gasteiger partial charge is 0.320 e. The average Bonchev–Trinajstić information content (AvgIpc) is 2.14. The Morgan fingerprint density at radius 3 is 2.69 bits per heavy atom. The third-order valence-electron chi connectivity index (χ3n) is 2.56. The summed E-state index contributed by atoms with van der Waals surface area (Å²) in [6.45, 7) is 5.28. The van der Waals surface area contributed by atoms with Gasteiger partial charge in [0.1, 0.15) is 0 Å². The van der Waals surface area contributed by atoms with Gasteiger partial charge in [-0.2, -0.15) is 0 Å². The molecule has 0 bridgehead atoms. The molecule has 0 spiro atoms. The zero-order valence-electron chi connectivity index (χ0n) is 9.70. The Morgan fingerprint density at radius 1 is 1.50 bits per heavy atom. The zero-order chi connectivity index (χ0) is 12.3. The lowest BCUT2D eigenvalue weighted by atomic mass is 9.99. The molecule has 90 valence electrons. The number of esters is 1. The molecule has 0 aromatic rings. The number of carbonyl (C=O) groups excluding carboxylic acids is 3. The van der Waals surface area contributed by atoms with Gasteiger partial charge in [0.15, 0.2) is 0 Å². The van der Waals surface area contributed by atoms with Crippen molar-refractivity contribution in [2.24, 2.45) is 0 Å². The number of nitrogens with zero attached hydrogens (tertiary/aromatic N) is 1. The maximum Gasteiger partial charge on any atom is 0.320 e. The molecule has 0 aromatic carbocycles. The summed E-state index contributed by atoms with van der Waals surface area (Å²) in [6.07, 6.45) is 0.